The lowest BCUT2D eigenvalue weighted by molar-refractivity contribution is 0.617. The van der Waals surface area contributed by atoms with E-state index in [4.69, 9.17) is 15.0 Å². The highest BCUT2D eigenvalue weighted by atomic mass is 15.2. The van der Waals surface area contributed by atoms with Crippen molar-refractivity contribution in [1.29, 1.82) is 0 Å². The van der Waals surface area contributed by atoms with Crippen LogP contribution in [0.4, 0.5) is 0 Å². The number of para-hydroxylation sites is 1. The Balaban J connectivity index is 1.69. The Bertz CT molecular complexity index is 1410. The van der Waals surface area contributed by atoms with Crippen LogP contribution in [-0.2, 0) is 5.41 Å². The number of benzene rings is 2. The predicted molar refractivity (Wildman–Crippen MR) is 120 cm³/mol. The molecule has 0 atom stereocenters. The summed E-state index contributed by atoms with van der Waals surface area (Å²) in [5.41, 5.74) is 7.60. The quantitative estimate of drug-likeness (QED) is 0.384. The average Bonchev–Trinajstić information content (AvgIpc) is 3.26. The Morgan fingerprint density at radius 2 is 1.57 bits per heavy atom. The van der Waals surface area contributed by atoms with Crippen molar-refractivity contribution in [3.8, 4) is 28.5 Å². The van der Waals surface area contributed by atoms with Gasteiger partial charge in [0.05, 0.1) is 16.9 Å². The van der Waals surface area contributed by atoms with Crippen molar-refractivity contribution in [2.45, 2.75) is 19.3 Å². The summed E-state index contributed by atoms with van der Waals surface area (Å²) in [5, 5.41) is 1.19. The smallest absolute Gasteiger partial charge is 0.234 e. The molecular weight excluding hydrogens is 368 g/mol. The van der Waals surface area contributed by atoms with E-state index in [1.54, 1.807) is 0 Å². The van der Waals surface area contributed by atoms with Crippen molar-refractivity contribution in [1.82, 2.24) is 19.5 Å². The molecule has 30 heavy (non-hydrogen) atoms. The molecule has 4 heteroatoms. The maximum absolute atomic E-state index is 4.97. The summed E-state index contributed by atoms with van der Waals surface area (Å²) in [7, 11) is 0. The highest BCUT2D eigenvalue weighted by Crippen LogP contribution is 2.52. The van der Waals surface area contributed by atoms with Crippen LogP contribution in [0.25, 0.3) is 39.4 Å². The number of fused-ring (bicyclic) bond motifs is 5. The van der Waals surface area contributed by atoms with Gasteiger partial charge in [-0.15, -0.1) is 0 Å². The Morgan fingerprint density at radius 1 is 0.767 bits per heavy atom. The number of rotatable bonds is 2. The second kappa shape index (κ2) is 6.10. The highest BCUT2D eigenvalue weighted by molar-refractivity contribution is 6.02. The van der Waals surface area contributed by atoms with Crippen LogP contribution in [-0.4, -0.2) is 19.5 Å². The summed E-state index contributed by atoms with van der Waals surface area (Å²) in [5.74, 6) is 0.690. The lowest BCUT2D eigenvalue weighted by atomic mass is 9.86. The van der Waals surface area contributed by atoms with Crippen LogP contribution in [0.5, 0.6) is 0 Å². The third kappa shape index (κ3) is 2.25. The van der Waals surface area contributed by atoms with Crippen LogP contribution < -0.4 is 0 Å². The van der Waals surface area contributed by atoms with Gasteiger partial charge in [-0.05, 0) is 23.8 Å². The molecule has 1 aliphatic rings. The molecule has 5 aromatic rings. The Kier molecular flexibility index (Phi) is 3.48. The second-order valence-electron chi connectivity index (χ2n) is 8.21. The first kappa shape index (κ1) is 17.1. The van der Waals surface area contributed by atoms with Gasteiger partial charge in [-0.2, -0.15) is 0 Å². The van der Waals surface area contributed by atoms with Gasteiger partial charge in [0.2, 0.25) is 5.95 Å². The van der Waals surface area contributed by atoms with Crippen LogP contribution >= 0.6 is 0 Å². The van der Waals surface area contributed by atoms with E-state index < -0.39 is 0 Å². The summed E-state index contributed by atoms with van der Waals surface area (Å²) in [6.45, 7) is 4.52. The molecule has 0 bridgehead atoms. The van der Waals surface area contributed by atoms with Gasteiger partial charge >= 0.3 is 0 Å². The van der Waals surface area contributed by atoms with Gasteiger partial charge in [-0.25, -0.2) is 9.97 Å². The molecular formula is C26H20N4. The molecule has 4 nitrogen and oxygen atoms in total. The first-order valence-corrected chi connectivity index (χ1v) is 10.1. The summed E-state index contributed by atoms with van der Waals surface area (Å²) in [6.07, 6.45) is 3.72. The fourth-order valence-corrected chi connectivity index (χ4v) is 4.74. The molecule has 3 aromatic heterocycles. The topological polar surface area (TPSA) is 43.6 Å². The van der Waals surface area contributed by atoms with Crippen molar-refractivity contribution in [2.75, 3.05) is 0 Å². The van der Waals surface area contributed by atoms with Crippen molar-refractivity contribution in [2.24, 2.45) is 0 Å². The molecule has 0 N–H and O–H groups in total. The lowest BCUT2D eigenvalue weighted by Crippen LogP contribution is -2.20. The zero-order chi connectivity index (χ0) is 20.3. The molecule has 0 saturated heterocycles. The average molecular weight is 388 g/mol. The maximum Gasteiger partial charge on any atom is 0.234 e. The minimum absolute atomic E-state index is 0.204. The van der Waals surface area contributed by atoms with Gasteiger partial charge in [-0.1, -0.05) is 68.4 Å². The zero-order valence-electron chi connectivity index (χ0n) is 16.9. The van der Waals surface area contributed by atoms with Crippen molar-refractivity contribution >= 4 is 10.9 Å². The Labute approximate surface area is 174 Å². The molecule has 6 rings (SSSR count). The van der Waals surface area contributed by atoms with E-state index in [2.05, 4.69) is 60.9 Å². The molecule has 1 aliphatic carbocycles. The van der Waals surface area contributed by atoms with Gasteiger partial charge < -0.3 is 0 Å². The monoisotopic (exact) mass is 388 g/mol. The van der Waals surface area contributed by atoms with Crippen LogP contribution in [0.2, 0.25) is 0 Å². The van der Waals surface area contributed by atoms with Crippen molar-refractivity contribution in [3.05, 3.63) is 96.4 Å². The second-order valence-corrected chi connectivity index (χ2v) is 8.21. The summed E-state index contributed by atoms with van der Waals surface area (Å²) in [4.78, 5) is 14.4. The molecule has 0 unspecified atom stereocenters. The summed E-state index contributed by atoms with van der Waals surface area (Å²) >= 11 is 0. The number of hydrogen-bond donors (Lipinski definition) is 0. The first-order chi connectivity index (χ1) is 14.7. The molecule has 0 radical (unpaired) electrons. The number of aromatic nitrogens is 4. The normalized spacial score (nSPS) is 13.9. The van der Waals surface area contributed by atoms with E-state index in [0.717, 1.165) is 22.5 Å². The molecule has 2 aromatic carbocycles. The van der Waals surface area contributed by atoms with Crippen molar-refractivity contribution in [3.63, 3.8) is 0 Å². The summed E-state index contributed by atoms with van der Waals surface area (Å²) < 4.78 is 2.22. The number of nitrogens with zero attached hydrogens (tertiary/aromatic N) is 4. The molecule has 144 valence electrons. The molecule has 0 amide bonds. The SMILES string of the molecule is CC1(C)c2cccnc2-c2c1n(-c1nccc(-c3ccccc3)n1)c1ccccc21. The fourth-order valence-electron chi connectivity index (χ4n) is 4.74. The van der Waals surface area contributed by atoms with Crippen molar-refractivity contribution < 1.29 is 0 Å². The van der Waals surface area contributed by atoms with E-state index in [9.17, 15) is 0 Å². The number of pyridine rings is 1. The Morgan fingerprint density at radius 3 is 2.43 bits per heavy atom. The maximum atomic E-state index is 4.97. The van der Waals surface area contributed by atoms with E-state index in [0.29, 0.717) is 5.95 Å². The van der Waals surface area contributed by atoms with Gasteiger partial charge in [0.1, 0.15) is 0 Å². The van der Waals surface area contributed by atoms with Crippen LogP contribution in [0, 0.1) is 0 Å². The van der Waals surface area contributed by atoms with Gasteiger partial charge in [0.25, 0.3) is 0 Å². The first-order valence-electron chi connectivity index (χ1n) is 10.1. The van der Waals surface area contributed by atoms with E-state index in [1.165, 1.54) is 22.2 Å². The molecule has 3 heterocycles. The third-order valence-electron chi connectivity index (χ3n) is 6.10. The predicted octanol–water partition coefficient (Wildman–Crippen LogP) is 5.79. The standard InChI is InChI=1S/C26H20N4/c1-26(2)19-12-8-15-27-23(19)22-18-11-6-7-13-21(18)30(24(22)26)25-28-16-14-20(29-25)17-9-4-3-5-10-17/h3-16H,1-2H3. The van der Waals surface area contributed by atoms with Crippen LogP contribution in [0.3, 0.4) is 0 Å². The molecule has 0 saturated carbocycles. The van der Waals surface area contributed by atoms with E-state index in [1.807, 2.05) is 42.7 Å². The highest BCUT2D eigenvalue weighted by Gasteiger charge is 2.42. The van der Waals surface area contributed by atoms with E-state index >= 15 is 0 Å². The van der Waals surface area contributed by atoms with Crippen LogP contribution in [0.15, 0.2) is 85.2 Å². The third-order valence-corrected chi connectivity index (χ3v) is 6.10. The van der Waals surface area contributed by atoms with Gasteiger partial charge in [0.15, 0.2) is 0 Å². The van der Waals surface area contributed by atoms with E-state index in [-0.39, 0.29) is 5.41 Å². The zero-order valence-corrected chi connectivity index (χ0v) is 16.9. The van der Waals surface area contributed by atoms with Crippen LogP contribution in [0.1, 0.15) is 25.1 Å². The van der Waals surface area contributed by atoms with Gasteiger partial charge in [-0.3, -0.25) is 9.55 Å². The minimum Gasteiger partial charge on any atom is -0.281 e. The fraction of sp³-hybridized carbons (Fsp3) is 0.115. The minimum atomic E-state index is -0.204. The largest absolute Gasteiger partial charge is 0.281 e. The molecule has 0 spiro atoms. The van der Waals surface area contributed by atoms with Gasteiger partial charge in [0, 0.05) is 40.0 Å². The molecule has 0 aliphatic heterocycles. The molecule has 0 fully saturated rings. The summed E-state index contributed by atoms with van der Waals surface area (Å²) in [6, 6.07) is 24.9. The number of hydrogen-bond acceptors (Lipinski definition) is 3. The lowest BCUT2D eigenvalue weighted by Gasteiger charge is -2.23. The Hall–Kier alpha value is -3.79.